The molecule has 1 atom stereocenters. The van der Waals surface area contributed by atoms with Gasteiger partial charge >= 0.3 is 0 Å². The first-order valence-corrected chi connectivity index (χ1v) is 10.1. The molecular formula is C17H26N2O3S. The van der Waals surface area contributed by atoms with Gasteiger partial charge in [-0.25, -0.2) is 13.1 Å². The summed E-state index contributed by atoms with van der Waals surface area (Å²) in [7, 11) is -3.10. The first-order chi connectivity index (χ1) is 10.8. The number of rotatable bonds is 5. The Hall–Kier alpha value is -0.950. The maximum atomic E-state index is 11.2. The molecule has 2 aliphatic heterocycles. The van der Waals surface area contributed by atoms with Crippen molar-refractivity contribution in [2.24, 2.45) is 5.92 Å². The van der Waals surface area contributed by atoms with Crippen molar-refractivity contribution >= 4 is 10.0 Å². The smallest absolute Gasteiger partial charge is 0.208 e. The predicted octanol–water partition coefficient (Wildman–Crippen LogP) is 1.53. The van der Waals surface area contributed by atoms with Crippen LogP contribution in [0, 0.1) is 12.8 Å². The van der Waals surface area contributed by atoms with E-state index in [4.69, 9.17) is 4.74 Å². The lowest BCUT2D eigenvalue weighted by Crippen LogP contribution is -2.64. The van der Waals surface area contributed by atoms with Crippen molar-refractivity contribution in [3.63, 3.8) is 0 Å². The van der Waals surface area contributed by atoms with Gasteiger partial charge in [0.05, 0.1) is 18.5 Å². The van der Waals surface area contributed by atoms with Gasteiger partial charge in [0, 0.05) is 26.2 Å². The summed E-state index contributed by atoms with van der Waals surface area (Å²) in [6, 6.07) is 8.64. The third kappa shape index (κ3) is 4.53. The van der Waals surface area contributed by atoms with Gasteiger partial charge in [-0.1, -0.05) is 29.8 Å². The predicted molar refractivity (Wildman–Crippen MR) is 90.7 cm³/mol. The van der Waals surface area contributed by atoms with E-state index in [1.165, 1.54) is 17.4 Å². The Morgan fingerprint density at radius 3 is 2.78 bits per heavy atom. The van der Waals surface area contributed by atoms with Gasteiger partial charge in [0.2, 0.25) is 10.0 Å². The largest absolute Gasteiger partial charge is 0.372 e. The summed E-state index contributed by atoms with van der Waals surface area (Å²) in [5.41, 5.74) is 2.66. The first-order valence-electron chi connectivity index (χ1n) is 8.20. The van der Waals surface area contributed by atoms with Crippen LogP contribution in [0.25, 0.3) is 0 Å². The fourth-order valence-electron chi connectivity index (χ4n) is 3.55. The van der Waals surface area contributed by atoms with E-state index in [9.17, 15) is 8.42 Å². The molecule has 2 fully saturated rings. The third-order valence-electron chi connectivity index (χ3n) is 4.78. The highest BCUT2D eigenvalue weighted by Crippen LogP contribution is 2.36. The van der Waals surface area contributed by atoms with Crippen LogP contribution in [0.3, 0.4) is 0 Å². The van der Waals surface area contributed by atoms with Gasteiger partial charge in [-0.15, -0.1) is 0 Å². The molecule has 1 aromatic carbocycles. The summed E-state index contributed by atoms with van der Waals surface area (Å²) in [5, 5.41) is 0. The molecule has 1 spiro atoms. The van der Waals surface area contributed by atoms with Crippen molar-refractivity contribution in [1.82, 2.24) is 9.62 Å². The monoisotopic (exact) mass is 338 g/mol. The van der Waals surface area contributed by atoms with Gasteiger partial charge in [-0.3, -0.25) is 4.90 Å². The van der Waals surface area contributed by atoms with E-state index in [0.717, 1.165) is 32.5 Å². The lowest BCUT2D eigenvalue weighted by atomic mass is 9.83. The van der Waals surface area contributed by atoms with Crippen molar-refractivity contribution in [3.8, 4) is 0 Å². The van der Waals surface area contributed by atoms with E-state index < -0.39 is 10.0 Å². The van der Waals surface area contributed by atoms with Crippen molar-refractivity contribution in [3.05, 3.63) is 35.4 Å². The third-order valence-corrected chi connectivity index (χ3v) is 5.47. The van der Waals surface area contributed by atoms with E-state index in [2.05, 4.69) is 40.8 Å². The number of likely N-dealkylation sites (tertiary alicyclic amines) is 1. The van der Waals surface area contributed by atoms with Crippen molar-refractivity contribution in [1.29, 1.82) is 0 Å². The molecule has 2 aliphatic rings. The maximum absolute atomic E-state index is 11.2. The first kappa shape index (κ1) is 16.9. The molecule has 0 aromatic heterocycles. The van der Waals surface area contributed by atoms with Gasteiger partial charge in [-0.2, -0.15) is 0 Å². The van der Waals surface area contributed by atoms with E-state index in [-0.39, 0.29) is 5.60 Å². The molecule has 0 saturated carbocycles. The van der Waals surface area contributed by atoms with Crippen LogP contribution in [0.2, 0.25) is 0 Å². The molecule has 1 N–H and O–H groups in total. The quantitative estimate of drug-likeness (QED) is 0.884. The zero-order chi connectivity index (χ0) is 16.5. The van der Waals surface area contributed by atoms with Crippen LogP contribution in [-0.4, -0.2) is 51.4 Å². The topological polar surface area (TPSA) is 58.6 Å². The fraction of sp³-hybridized carbons (Fsp3) is 0.647. The van der Waals surface area contributed by atoms with Crippen LogP contribution in [0.4, 0.5) is 0 Å². The van der Waals surface area contributed by atoms with E-state index in [1.54, 1.807) is 0 Å². The molecule has 6 heteroatoms. The number of hydrogen-bond donors (Lipinski definition) is 1. The number of nitrogens with one attached hydrogen (secondary N) is 1. The van der Waals surface area contributed by atoms with Gasteiger partial charge in [0.15, 0.2) is 0 Å². The molecule has 3 rings (SSSR count). The Balaban J connectivity index is 1.43. The second-order valence-corrected chi connectivity index (χ2v) is 8.99. The Labute approximate surface area is 139 Å². The molecule has 2 saturated heterocycles. The lowest BCUT2D eigenvalue weighted by Gasteiger charge is -2.53. The van der Waals surface area contributed by atoms with Crippen LogP contribution < -0.4 is 4.72 Å². The number of aryl methyl sites for hydroxylation is 1. The summed E-state index contributed by atoms with van der Waals surface area (Å²) in [5.74, 6) is 0.293. The zero-order valence-electron chi connectivity index (χ0n) is 13.9. The van der Waals surface area contributed by atoms with Gasteiger partial charge in [0.25, 0.3) is 0 Å². The normalized spacial score (nSPS) is 24.5. The van der Waals surface area contributed by atoms with Crippen LogP contribution >= 0.6 is 0 Å². The average Bonchev–Trinajstić information content (AvgIpc) is 2.44. The van der Waals surface area contributed by atoms with Crippen LogP contribution in [-0.2, 0) is 21.3 Å². The lowest BCUT2D eigenvalue weighted by molar-refractivity contribution is -0.181. The van der Waals surface area contributed by atoms with E-state index in [1.807, 2.05) is 0 Å². The molecule has 128 valence electrons. The minimum Gasteiger partial charge on any atom is -0.372 e. The van der Waals surface area contributed by atoms with Crippen LogP contribution in [0.5, 0.6) is 0 Å². The Morgan fingerprint density at radius 2 is 2.17 bits per heavy atom. The van der Waals surface area contributed by atoms with Gasteiger partial charge < -0.3 is 4.74 Å². The highest BCUT2D eigenvalue weighted by molar-refractivity contribution is 7.88. The summed E-state index contributed by atoms with van der Waals surface area (Å²) in [4.78, 5) is 2.42. The molecule has 5 nitrogen and oxygen atoms in total. The molecule has 2 heterocycles. The molecular weight excluding hydrogens is 312 g/mol. The number of hydrogen-bond acceptors (Lipinski definition) is 4. The van der Waals surface area contributed by atoms with Crippen LogP contribution in [0.15, 0.2) is 24.3 Å². The molecule has 0 amide bonds. The van der Waals surface area contributed by atoms with Crippen molar-refractivity contribution in [2.45, 2.75) is 31.9 Å². The number of sulfonamides is 1. The fourth-order valence-corrected chi connectivity index (χ4v) is 4.08. The Kier molecular flexibility index (Phi) is 4.78. The van der Waals surface area contributed by atoms with Gasteiger partial charge in [0.1, 0.15) is 0 Å². The molecule has 0 aliphatic carbocycles. The van der Waals surface area contributed by atoms with E-state index >= 15 is 0 Å². The Morgan fingerprint density at radius 1 is 1.39 bits per heavy atom. The second kappa shape index (κ2) is 6.51. The molecule has 1 unspecified atom stereocenters. The number of ether oxygens (including phenoxy) is 1. The summed E-state index contributed by atoms with van der Waals surface area (Å²) < 4.78 is 31.0. The molecule has 0 bridgehead atoms. The Bertz CT molecular complexity index is 644. The minimum atomic E-state index is -3.10. The highest BCUT2D eigenvalue weighted by Gasteiger charge is 2.46. The van der Waals surface area contributed by atoms with Crippen molar-refractivity contribution < 1.29 is 13.2 Å². The standard InChI is InChI=1S/C17H26N2O3S/c1-14-4-3-5-15(8-14)10-19-12-17(13-19)7-6-16(11-22-17)9-18-23(2,20)21/h3-5,8,16,18H,6-7,9-13H2,1-2H3. The summed E-state index contributed by atoms with van der Waals surface area (Å²) >= 11 is 0. The molecule has 23 heavy (non-hydrogen) atoms. The molecule has 1 aromatic rings. The minimum absolute atomic E-state index is 0.00537. The van der Waals surface area contributed by atoms with E-state index in [0.29, 0.717) is 19.1 Å². The second-order valence-electron chi connectivity index (χ2n) is 7.15. The van der Waals surface area contributed by atoms with Crippen LogP contribution in [0.1, 0.15) is 24.0 Å². The van der Waals surface area contributed by atoms with Gasteiger partial charge in [-0.05, 0) is 31.2 Å². The summed E-state index contributed by atoms with van der Waals surface area (Å²) in [6.07, 6.45) is 3.25. The molecule has 0 radical (unpaired) electrons. The zero-order valence-corrected chi connectivity index (χ0v) is 14.7. The number of benzene rings is 1. The SMILES string of the molecule is Cc1cccc(CN2CC3(CCC(CNS(C)(=O)=O)CO3)C2)c1. The average molecular weight is 338 g/mol. The number of nitrogens with zero attached hydrogens (tertiary/aromatic N) is 1. The van der Waals surface area contributed by atoms with Crippen molar-refractivity contribution in [2.75, 3.05) is 32.5 Å². The summed E-state index contributed by atoms with van der Waals surface area (Å²) in [6.45, 7) is 6.20. The maximum Gasteiger partial charge on any atom is 0.208 e. The highest BCUT2D eigenvalue weighted by atomic mass is 32.2.